The van der Waals surface area contributed by atoms with Crippen LogP contribution in [-0.2, 0) is 17.8 Å². The molecule has 1 aromatic heterocycles. The third-order valence-corrected chi connectivity index (χ3v) is 3.16. The zero-order valence-electron chi connectivity index (χ0n) is 9.97. The molecular formula is C14H15BrN2O. The Kier molecular flexibility index (Phi) is 4.59. The van der Waals surface area contributed by atoms with Crippen molar-refractivity contribution in [3.63, 3.8) is 0 Å². The second-order valence-electron chi connectivity index (χ2n) is 4.07. The van der Waals surface area contributed by atoms with Crippen LogP contribution >= 0.6 is 15.9 Å². The predicted molar refractivity (Wildman–Crippen MR) is 75.3 cm³/mol. The van der Waals surface area contributed by atoms with E-state index in [-0.39, 0.29) is 5.91 Å². The van der Waals surface area contributed by atoms with Crippen LogP contribution in [0, 0.1) is 0 Å². The van der Waals surface area contributed by atoms with Gasteiger partial charge in [0.2, 0.25) is 5.91 Å². The van der Waals surface area contributed by atoms with Gasteiger partial charge in [-0.15, -0.1) is 0 Å². The normalized spacial score (nSPS) is 10.3. The third kappa shape index (κ3) is 4.04. The van der Waals surface area contributed by atoms with E-state index in [9.17, 15) is 4.79 Å². The van der Waals surface area contributed by atoms with Crippen molar-refractivity contribution in [2.24, 2.45) is 0 Å². The highest BCUT2D eigenvalue weighted by molar-refractivity contribution is 9.10. The molecule has 0 spiro atoms. The Balaban J connectivity index is 1.73. The van der Waals surface area contributed by atoms with Gasteiger partial charge in [0.05, 0.1) is 6.42 Å². The van der Waals surface area contributed by atoms with Crippen LogP contribution in [0.4, 0.5) is 0 Å². The van der Waals surface area contributed by atoms with Crippen LogP contribution in [0.3, 0.4) is 0 Å². The number of nitrogens with zero attached hydrogens (tertiary/aromatic N) is 1. The van der Waals surface area contributed by atoms with Gasteiger partial charge in [-0.05, 0) is 29.8 Å². The number of carbonyl (C=O) groups excluding carboxylic acids is 1. The van der Waals surface area contributed by atoms with E-state index in [1.165, 1.54) is 0 Å². The Morgan fingerprint density at radius 1 is 1.17 bits per heavy atom. The average Bonchev–Trinajstić information content (AvgIpc) is 2.85. The van der Waals surface area contributed by atoms with Crippen LogP contribution in [0.1, 0.15) is 5.56 Å². The monoisotopic (exact) mass is 306 g/mol. The summed E-state index contributed by atoms with van der Waals surface area (Å²) in [5.41, 5.74) is 1.02. The molecule has 0 unspecified atom stereocenters. The van der Waals surface area contributed by atoms with Gasteiger partial charge >= 0.3 is 0 Å². The third-order valence-electron chi connectivity index (χ3n) is 2.64. The van der Waals surface area contributed by atoms with Crippen molar-refractivity contribution in [2.45, 2.75) is 13.0 Å². The Morgan fingerprint density at radius 3 is 2.50 bits per heavy atom. The van der Waals surface area contributed by atoms with Crippen molar-refractivity contribution in [1.82, 2.24) is 9.88 Å². The van der Waals surface area contributed by atoms with Crippen LogP contribution < -0.4 is 5.32 Å². The van der Waals surface area contributed by atoms with Crippen molar-refractivity contribution in [1.29, 1.82) is 0 Å². The van der Waals surface area contributed by atoms with E-state index in [1.807, 2.05) is 53.4 Å². The maximum atomic E-state index is 11.7. The zero-order valence-corrected chi connectivity index (χ0v) is 11.6. The maximum Gasteiger partial charge on any atom is 0.224 e. The van der Waals surface area contributed by atoms with Crippen LogP contribution in [0.2, 0.25) is 0 Å². The molecule has 0 aliphatic heterocycles. The minimum atomic E-state index is 0.0597. The lowest BCUT2D eigenvalue weighted by atomic mass is 10.1. The lowest BCUT2D eigenvalue weighted by Crippen LogP contribution is -2.28. The molecule has 0 fully saturated rings. The molecule has 0 bridgehead atoms. The number of amides is 1. The van der Waals surface area contributed by atoms with E-state index in [4.69, 9.17) is 0 Å². The van der Waals surface area contributed by atoms with E-state index >= 15 is 0 Å². The van der Waals surface area contributed by atoms with Crippen molar-refractivity contribution in [3.8, 4) is 0 Å². The summed E-state index contributed by atoms with van der Waals surface area (Å²) in [4.78, 5) is 11.7. The van der Waals surface area contributed by atoms with Gasteiger partial charge in [-0.2, -0.15) is 0 Å². The minimum Gasteiger partial charge on any atom is -0.354 e. The maximum absolute atomic E-state index is 11.7. The molecule has 0 aliphatic rings. The highest BCUT2D eigenvalue weighted by Gasteiger charge is 2.02. The summed E-state index contributed by atoms with van der Waals surface area (Å²) in [5.74, 6) is 0.0597. The summed E-state index contributed by atoms with van der Waals surface area (Å²) < 4.78 is 3.07. The Hall–Kier alpha value is -1.55. The summed E-state index contributed by atoms with van der Waals surface area (Å²) >= 11 is 3.37. The van der Waals surface area contributed by atoms with Gasteiger partial charge in [0.15, 0.2) is 0 Å². The number of carbonyl (C=O) groups is 1. The molecule has 1 N–H and O–H groups in total. The topological polar surface area (TPSA) is 34.0 Å². The second kappa shape index (κ2) is 6.40. The van der Waals surface area contributed by atoms with E-state index in [2.05, 4.69) is 21.2 Å². The lowest BCUT2D eigenvalue weighted by molar-refractivity contribution is -0.120. The first-order valence-electron chi connectivity index (χ1n) is 5.86. The summed E-state index contributed by atoms with van der Waals surface area (Å²) in [6, 6.07) is 11.8. The second-order valence-corrected chi connectivity index (χ2v) is 4.99. The Bertz CT molecular complexity index is 491. The average molecular weight is 307 g/mol. The fraction of sp³-hybridized carbons (Fsp3) is 0.214. The van der Waals surface area contributed by atoms with E-state index < -0.39 is 0 Å². The molecule has 0 radical (unpaired) electrons. The first-order chi connectivity index (χ1) is 8.74. The highest BCUT2D eigenvalue weighted by Crippen LogP contribution is 2.10. The van der Waals surface area contributed by atoms with Gasteiger partial charge in [0.1, 0.15) is 0 Å². The van der Waals surface area contributed by atoms with Gasteiger partial charge in [-0.1, -0.05) is 28.1 Å². The Morgan fingerprint density at radius 2 is 1.83 bits per heavy atom. The van der Waals surface area contributed by atoms with E-state index in [0.29, 0.717) is 13.0 Å². The zero-order chi connectivity index (χ0) is 12.8. The molecule has 3 nitrogen and oxygen atoms in total. The Labute approximate surface area is 115 Å². The molecule has 1 heterocycles. The van der Waals surface area contributed by atoms with E-state index in [0.717, 1.165) is 16.6 Å². The largest absolute Gasteiger partial charge is 0.354 e. The van der Waals surface area contributed by atoms with Crippen LogP contribution in [0.25, 0.3) is 0 Å². The standard InChI is InChI=1S/C14H15BrN2O/c15-13-5-3-12(4-6-13)11-14(18)16-7-10-17-8-1-2-9-17/h1-6,8-9H,7,10-11H2,(H,16,18). The molecule has 0 atom stereocenters. The van der Waals surface area contributed by atoms with Gasteiger partial charge in [-0.25, -0.2) is 0 Å². The molecule has 1 aromatic carbocycles. The number of nitrogens with one attached hydrogen (secondary N) is 1. The summed E-state index contributed by atoms with van der Waals surface area (Å²) in [5, 5.41) is 2.91. The number of benzene rings is 1. The minimum absolute atomic E-state index is 0.0597. The van der Waals surface area contributed by atoms with Gasteiger partial charge < -0.3 is 9.88 Å². The molecule has 0 aliphatic carbocycles. The highest BCUT2D eigenvalue weighted by atomic mass is 79.9. The fourth-order valence-corrected chi connectivity index (χ4v) is 1.96. The molecular weight excluding hydrogens is 292 g/mol. The van der Waals surface area contributed by atoms with Gasteiger partial charge in [-0.3, -0.25) is 4.79 Å². The first-order valence-corrected chi connectivity index (χ1v) is 6.65. The number of aromatic nitrogens is 1. The SMILES string of the molecule is O=C(Cc1ccc(Br)cc1)NCCn1cccc1. The van der Waals surface area contributed by atoms with Crippen molar-refractivity contribution in [2.75, 3.05) is 6.54 Å². The summed E-state index contributed by atoms with van der Waals surface area (Å²) in [7, 11) is 0. The summed E-state index contributed by atoms with van der Waals surface area (Å²) in [6.45, 7) is 1.46. The number of hydrogen-bond acceptors (Lipinski definition) is 1. The van der Waals surface area contributed by atoms with Crippen molar-refractivity contribution < 1.29 is 4.79 Å². The summed E-state index contributed by atoms with van der Waals surface area (Å²) in [6.07, 6.45) is 4.40. The lowest BCUT2D eigenvalue weighted by Gasteiger charge is -2.06. The molecule has 2 aromatic rings. The molecule has 1 amide bonds. The van der Waals surface area contributed by atoms with E-state index in [1.54, 1.807) is 0 Å². The number of hydrogen-bond donors (Lipinski definition) is 1. The molecule has 18 heavy (non-hydrogen) atoms. The van der Waals surface area contributed by atoms with Crippen LogP contribution in [0.5, 0.6) is 0 Å². The quantitative estimate of drug-likeness (QED) is 0.905. The van der Waals surface area contributed by atoms with Gasteiger partial charge in [0, 0.05) is 30.0 Å². The number of halogens is 1. The molecule has 0 saturated heterocycles. The molecule has 2 rings (SSSR count). The van der Waals surface area contributed by atoms with Crippen molar-refractivity contribution >= 4 is 21.8 Å². The fourth-order valence-electron chi connectivity index (χ4n) is 1.69. The van der Waals surface area contributed by atoms with Crippen molar-refractivity contribution in [3.05, 3.63) is 58.8 Å². The molecule has 0 saturated carbocycles. The molecule has 4 heteroatoms. The van der Waals surface area contributed by atoms with Gasteiger partial charge in [0.25, 0.3) is 0 Å². The smallest absolute Gasteiger partial charge is 0.224 e. The van der Waals surface area contributed by atoms with Crippen LogP contribution in [-0.4, -0.2) is 17.0 Å². The predicted octanol–water partition coefficient (Wildman–Crippen LogP) is 2.61. The first kappa shape index (κ1) is 12.9. The number of rotatable bonds is 5. The van der Waals surface area contributed by atoms with Crippen LogP contribution in [0.15, 0.2) is 53.3 Å². The molecule has 94 valence electrons.